The number of anilines is 1. The third-order valence-corrected chi connectivity index (χ3v) is 4.36. The number of hydrogen-bond acceptors (Lipinski definition) is 3. The molecule has 0 aliphatic heterocycles. The number of nitrogens with one attached hydrogen (secondary N) is 1. The van der Waals surface area contributed by atoms with Crippen LogP contribution in [0.2, 0.25) is 5.02 Å². The summed E-state index contributed by atoms with van der Waals surface area (Å²) < 4.78 is 5.51. The van der Waals surface area contributed by atoms with Gasteiger partial charge in [-0.2, -0.15) is 0 Å². The molecule has 1 aliphatic carbocycles. The normalized spacial score (nSPS) is 16.1. The van der Waals surface area contributed by atoms with Crippen LogP contribution in [0.15, 0.2) is 18.2 Å². The van der Waals surface area contributed by atoms with Gasteiger partial charge in [0.25, 0.3) is 0 Å². The Kier molecular flexibility index (Phi) is 5.48. The summed E-state index contributed by atoms with van der Waals surface area (Å²) in [5.41, 5.74) is 6.49. The minimum Gasteiger partial charge on any atom is -0.492 e. The number of ether oxygens (including phenoxy) is 1. The Hall–Kier alpha value is -1.26. The van der Waals surface area contributed by atoms with E-state index in [-0.39, 0.29) is 11.3 Å². The average molecular weight is 311 g/mol. The Morgan fingerprint density at radius 3 is 2.76 bits per heavy atom. The van der Waals surface area contributed by atoms with Gasteiger partial charge in [0, 0.05) is 12.1 Å². The molecule has 21 heavy (non-hydrogen) atoms. The van der Waals surface area contributed by atoms with Gasteiger partial charge in [0.2, 0.25) is 5.91 Å². The maximum absolute atomic E-state index is 12.1. The van der Waals surface area contributed by atoms with E-state index >= 15 is 0 Å². The summed E-state index contributed by atoms with van der Waals surface area (Å²) >= 11 is 6.15. The Morgan fingerprint density at radius 2 is 2.24 bits per heavy atom. The number of nitrogens with two attached hydrogens (primary N) is 1. The van der Waals surface area contributed by atoms with Crippen LogP contribution in [-0.2, 0) is 4.79 Å². The molecule has 1 saturated carbocycles. The van der Waals surface area contributed by atoms with Gasteiger partial charge in [-0.15, -0.1) is 0 Å². The molecule has 3 N–H and O–H groups in total. The van der Waals surface area contributed by atoms with Crippen LogP contribution >= 0.6 is 11.6 Å². The van der Waals surface area contributed by atoms with Gasteiger partial charge in [-0.25, -0.2) is 0 Å². The molecule has 1 fully saturated rings. The first-order valence-electron chi connectivity index (χ1n) is 7.51. The summed E-state index contributed by atoms with van der Waals surface area (Å²) in [6, 6.07) is 5.32. The second kappa shape index (κ2) is 7.14. The molecule has 0 saturated heterocycles. The maximum Gasteiger partial charge on any atom is 0.224 e. The van der Waals surface area contributed by atoms with Crippen LogP contribution in [0.4, 0.5) is 5.69 Å². The molecule has 5 heteroatoms. The van der Waals surface area contributed by atoms with Crippen LogP contribution in [0.1, 0.15) is 39.0 Å². The van der Waals surface area contributed by atoms with Crippen molar-refractivity contribution < 1.29 is 9.53 Å². The molecule has 1 aliphatic rings. The first kappa shape index (κ1) is 16.1. The van der Waals surface area contributed by atoms with E-state index in [2.05, 4.69) is 5.32 Å². The van der Waals surface area contributed by atoms with Crippen LogP contribution in [0.5, 0.6) is 5.75 Å². The molecule has 0 radical (unpaired) electrons. The fourth-order valence-corrected chi connectivity index (χ4v) is 2.82. The summed E-state index contributed by atoms with van der Waals surface area (Å²) in [5, 5.41) is 3.40. The number of amides is 1. The van der Waals surface area contributed by atoms with E-state index in [0.29, 0.717) is 36.0 Å². The van der Waals surface area contributed by atoms with Gasteiger partial charge in [-0.05, 0) is 49.4 Å². The number of carbonyl (C=O) groups excluding carboxylic acids is 1. The predicted molar refractivity (Wildman–Crippen MR) is 85.8 cm³/mol. The number of rotatable bonds is 7. The summed E-state index contributed by atoms with van der Waals surface area (Å²) in [5.74, 6) is 0.646. The second-order valence-electron chi connectivity index (χ2n) is 5.78. The molecule has 116 valence electrons. The topological polar surface area (TPSA) is 64.3 Å². The van der Waals surface area contributed by atoms with E-state index in [9.17, 15) is 4.79 Å². The van der Waals surface area contributed by atoms with Gasteiger partial charge in [0.05, 0.1) is 11.6 Å². The lowest BCUT2D eigenvalue weighted by Gasteiger charge is -2.40. The van der Waals surface area contributed by atoms with Crippen LogP contribution in [-0.4, -0.2) is 19.1 Å². The smallest absolute Gasteiger partial charge is 0.224 e. The van der Waals surface area contributed by atoms with Crippen LogP contribution in [0, 0.1) is 5.41 Å². The van der Waals surface area contributed by atoms with Crippen LogP contribution < -0.4 is 15.8 Å². The lowest BCUT2D eigenvalue weighted by Crippen LogP contribution is -2.40. The Balaban J connectivity index is 1.93. The molecular formula is C16H23ClN2O2. The van der Waals surface area contributed by atoms with Gasteiger partial charge >= 0.3 is 0 Å². The highest BCUT2D eigenvalue weighted by molar-refractivity contribution is 6.32. The van der Waals surface area contributed by atoms with Crippen molar-refractivity contribution in [1.82, 2.24) is 0 Å². The van der Waals surface area contributed by atoms with E-state index in [1.165, 1.54) is 6.42 Å². The first-order valence-corrected chi connectivity index (χ1v) is 7.89. The Morgan fingerprint density at radius 1 is 1.48 bits per heavy atom. The minimum atomic E-state index is -0.00144. The van der Waals surface area contributed by atoms with Crippen molar-refractivity contribution in [3.05, 3.63) is 23.2 Å². The van der Waals surface area contributed by atoms with Gasteiger partial charge in [0.1, 0.15) is 5.75 Å². The molecule has 4 nitrogen and oxygen atoms in total. The fraction of sp³-hybridized carbons (Fsp3) is 0.562. The molecule has 0 aromatic heterocycles. The predicted octanol–water partition coefficient (Wildman–Crippen LogP) is 3.59. The van der Waals surface area contributed by atoms with Crippen molar-refractivity contribution in [1.29, 1.82) is 0 Å². The summed E-state index contributed by atoms with van der Waals surface area (Å²) in [7, 11) is 0. The molecule has 1 amide bonds. The zero-order valence-electron chi connectivity index (χ0n) is 12.5. The standard InChI is InChI=1S/C16H23ClN2O2/c1-2-8-21-14-5-4-12(9-13(14)17)19-15(20)10-16(11-18)6-3-7-16/h4-5,9H,2-3,6-8,10-11,18H2,1H3,(H,19,20). The first-order chi connectivity index (χ1) is 10.1. The SMILES string of the molecule is CCCOc1ccc(NC(=O)CC2(CN)CCC2)cc1Cl. The molecule has 0 spiro atoms. The van der Waals surface area contributed by atoms with Gasteiger partial charge in [0.15, 0.2) is 0 Å². The Bertz CT molecular complexity index is 496. The molecule has 0 unspecified atom stereocenters. The molecule has 1 aromatic carbocycles. The largest absolute Gasteiger partial charge is 0.492 e. The van der Waals surface area contributed by atoms with E-state index in [0.717, 1.165) is 19.3 Å². The highest BCUT2D eigenvalue weighted by Crippen LogP contribution is 2.43. The zero-order valence-corrected chi connectivity index (χ0v) is 13.2. The summed E-state index contributed by atoms with van der Waals surface area (Å²) in [4.78, 5) is 12.1. The summed E-state index contributed by atoms with van der Waals surface area (Å²) in [6.07, 6.45) is 4.66. The highest BCUT2D eigenvalue weighted by Gasteiger charge is 2.37. The van der Waals surface area contributed by atoms with E-state index in [4.69, 9.17) is 22.1 Å². The zero-order chi connectivity index (χ0) is 15.3. The third kappa shape index (κ3) is 4.11. The van der Waals surface area contributed by atoms with Crippen molar-refractivity contribution in [2.24, 2.45) is 11.1 Å². The summed E-state index contributed by atoms with van der Waals surface area (Å²) in [6.45, 7) is 3.24. The van der Waals surface area contributed by atoms with Crippen molar-refractivity contribution >= 4 is 23.2 Å². The monoisotopic (exact) mass is 310 g/mol. The third-order valence-electron chi connectivity index (χ3n) is 4.06. The molecule has 0 atom stereocenters. The number of hydrogen-bond donors (Lipinski definition) is 2. The highest BCUT2D eigenvalue weighted by atomic mass is 35.5. The van der Waals surface area contributed by atoms with Gasteiger partial charge in [-0.3, -0.25) is 4.79 Å². The number of benzene rings is 1. The lowest BCUT2D eigenvalue weighted by molar-refractivity contribution is -0.119. The van der Waals surface area contributed by atoms with Gasteiger partial charge in [-0.1, -0.05) is 24.9 Å². The molecule has 1 aromatic rings. The Labute approximate surface area is 131 Å². The van der Waals surface area contributed by atoms with Crippen LogP contribution in [0.3, 0.4) is 0 Å². The van der Waals surface area contributed by atoms with E-state index in [1.807, 2.05) is 13.0 Å². The van der Waals surface area contributed by atoms with E-state index < -0.39 is 0 Å². The van der Waals surface area contributed by atoms with Crippen molar-refractivity contribution in [3.63, 3.8) is 0 Å². The van der Waals surface area contributed by atoms with Crippen molar-refractivity contribution in [2.45, 2.75) is 39.0 Å². The molecule has 0 heterocycles. The van der Waals surface area contributed by atoms with Crippen LogP contribution in [0.25, 0.3) is 0 Å². The van der Waals surface area contributed by atoms with Crippen molar-refractivity contribution in [2.75, 3.05) is 18.5 Å². The maximum atomic E-state index is 12.1. The van der Waals surface area contributed by atoms with Crippen molar-refractivity contribution in [3.8, 4) is 5.75 Å². The molecule has 2 rings (SSSR count). The van der Waals surface area contributed by atoms with Gasteiger partial charge < -0.3 is 15.8 Å². The molecule has 0 bridgehead atoms. The fourth-order valence-electron chi connectivity index (χ4n) is 2.58. The quantitative estimate of drug-likeness (QED) is 0.809. The number of carbonyl (C=O) groups is 1. The average Bonchev–Trinajstić information content (AvgIpc) is 2.42. The number of halogens is 1. The van der Waals surface area contributed by atoms with E-state index in [1.54, 1.807) is 12.1 Å². The second-order valence-corrected chi connectivity index (χ2v) is 6.18. The lowest BCUT2D eigenvalue weighted by atomic mass is 9.66. The molecular weight excluding hydrogens is 288 g/mol. The minimum absolute atomic E-state index is 0.00144.